The van der Waals surface area contributed by atoms with Gasteiger partial charge in [0.05, 0.1) is 6.61 Å². The number of aliphatic hydroxyl groups excluding tert-OH is 1. The lowest BCUT2D eigenvalue weighted by molar-refractivity contribution is 0.0968. The largest absolute Gasteiger partial charge is 0.490 e. The molecule has 1 rings (SSSR count). The molecule has 0 heterocycles. The summed E-state index contributed by atoms with van der Waals surface area (Å²) in [6.45, 7) is 8.41. The summed E-state index contributed by atoms with van der Waals surface area (Å²) in [5.74, 6) is 0.672. The van der Waals surface area contributed by atoms with Gasteiger partial charge in [0.15, 0.2) is 5.78 Å². The van der Waals surface area contributed by atoms with Crippen molar-refractivity contribution in [1.82, 2.24) is 5.32 Å². The van der Waals surface area contributed by atoms with Crippen molar-refractivity contribution in [2.75, 3.05) is 26.3 Å². The summed E-state index contributed by atoms with van der Waals surface area (Å²) < 4.78 is 11.4. The monoisotopic (exact) mass is 337 g/mol. The zero-order valence-corrected chi connectivity index (χ0v) is 15.1. The molecule has 0 aromatic heterocycles. The second-order valence-corrected chi connectivity index (χ2v) is 5.95. The Morgan fingerprint density at radius 2 is 2.08 bits per heavy atom. The number of nitrogens with one attached hydrogen (secondary N) is 1. The molecule has 0 aliphatic carbocycles. The van der Waals surface area contributed by atoms with E-state index in [0.29, 0.717) is 31.1 Å². The Morgan fingerprint density at radius 3 is 2.75 bits per heavy atom. The van der Waals surface area contributed by atoms with Crippen LogP contribution in [-0.2, 0) is 11.3 Å². The summed E-state index contributed by atoms with van der Waals surface area (Å²) in [5, 5.41) is 13.1. The molecular formula is C19H31NO4. The van der Waals surface area contributed by atoms with Crippen molar-refractivity contribution in [3.05, 3.63) is 29.3 Å². The van der Waals surface area contributed by atoms with Gasteiger partial charge in [0, 0.05) is 24.3 Å². The number of hydrogen-bond acceptors (Lipinski definition) is 5. The van der Waals surface area contributed by atoms with Crippen LogP contribution in [0.15, 0.2) is 18.2 Å². The van der Waals surface area contributed by atoms with E-state index in [9.17, 15) is 9.90 Å². The van der Waals surface area contributed by atoms with Crippen LogP contribution >= 0.6 is 0 Å². The molecule has 0 aliphatic rings. The van der Waals surface area contributed by atoms with Gasteiger partial charge in [-0.2, -0.15) is 0 Å². The number of unbranched alkanes of at least 4 members (excludes halogenated alkanes) is 1. The van der Waals surface area contributed by atoms with Crippen molar-refractivity contribution >= 4 is 5.78 Å². The standard InChI is InChI=1S/C19H31NO4/c1-4-6-10-23-13-17-11-16(15(3)21)7-8-19(17)24-14-18(22)12-20-9-5-2/h7-8,11,18,20,22H,4-6,9-10,12-14H2,1-3H3/t18-/m0/s1. The van der Waals surface area contributed by atoms with Crippen LogP contribution in [-0.4, -0.2) is 43.3 Å². The molecule has 1 aromatic rings. The molecule has 0 spiro atoms. The van der Waals surface area contributed by atoms with Crippen molar-refractivity contribution in [3.8, 4) is 5.75 Å². The van der Waals surface area contributed by atoms with Crippen molar-refractivity contribution < 1.29 is 19.4 Å². The molecular weight excluding hydrogens is 306 g/mol. The predicted molar refractivity (Wildman–Crippen MR) is 95.7 cm³/mol. The Bertz CT molecular complexity index is 490. The fraction of sp³-hybridized carbons (Fsp3) is 0.632. The summed E-state index contributed by atoms with van der Waals surface area (Å²) in [4.78, 5) is 11.6. The van der Waals surface area contributed by atoms with Crippen molar-refractivity contribution in [1.29, 1.82) is 0 Å². The van der Waals surface area contributed by atoms with E-state index in [1.54, 1.807) is 19.1 Å². The van der Waals surface area contributed by atoms with Crippen molar-refractivity contribution in [2.45, 2.75) is 52.7 Å². The highest BCUT2D eigenvalue weighted by Gasteiger charge is 2.11. The summed E-state index contributed by atoms with van der Waals surface area (Å²) in [6, 6.07) is 5.34. The van der Waals surface area contributed by atoms with Gasteiger partial charge in [-0.05, 0) is 44.5 Å². The molecule has 1 aromatic carbocycles. The predicted octanol–water partition coefficient (Wildman–Crippen LogP) is 2.95. The minimum absolute atomic E-state index is 0.0140. The first-order chi connectivity index (χ1) is 11.6. The molecule has 0 saturated heterocycles. The minimum Gasteiger partial charge on any atom is -0.490 e. The Balaban J connectivity index is 2.64. The van der Waals surface area contributed by atoms with Crippen molar-refractivity contribution in [3.63, 3.8) is 0 Å². The summed E-state index contributed by atoms with van der Waals surface area (Å²) in [5.41, 5.74) is 1.48. The number of Topliss-reactive ketones (excluding diaryl/α,β-unsaturated/α-hetero) is 1. The van der Waals surface area contributed by atoms with E-state index in [0.717, 1.165) is 31.4 Å². The number of carbonyl (C=O) groups is 1. The molecule has 0 radical (unpaired) electrons. The van der Waals surface area contributed by atoms with Gasteiger partial charge in [-0.3, -0.25) is 4.79 Å². The number of rotatable bonds is 13. The van der Waals surface area contributed by atoms with Gasteiger partial charge in [-0.15, -0.1) is 0 Å². The quantitative estimate of drug-likeness (QED) is 0.428. The molecule has 1 atom stereocenters. The molecule has 0 saturated carbocycles. The highest BCUT2D eigenvalue weighted by Crippen LogP contribution is 2.22. The second-order valence-electron chi connectivity index (χ2n) is 5.95. The summed E-state index contributed by atoms with van der Waals surface area (Å²) in [6.07, 6.45) is 2.54. The van der Waals surface area contributed by atoms with Gasteiger partial charge in [-0.1, -0.05) is 20.3 Å². The lowest BCUT2D eigenvalue weighted by Gasteiger charge is -2.16. The fourth-order valence-corrected chi connectivity index (χ4v) is 2.17. The molecule has 5 nitrogen and oxygen atoms in total. The molecule has 136 valence electrons. The maximum Gasteiger partial charge on any atom is 0.159 e. The Kier molecular flexibility index (Phi) is 10.3. The highest BCUT2D eigenvalue weighted by molar-refractivity contribution is 5.94. The lowest BCUT2D eigenvalue weighted by Crippen LogP contribution is -2.31. The Labute approximate surface area is 145 Å². The van der Waals surface area contributed by atoms with E-state index in [1.165, 1.54) is 0 Å². The van der Waals surface area contributed by atoms with Crippen LogP contribution in [0.5, 0.6) is 5.75 Å². The van der Waals surface area contributed by atoms with E-state index in [-0.39, 0.29) is 12.4 Å². The van der Waals surface area contributed by atoms with Gasteiger partial charge in [0.25, 0.3) is 0 Å². The molecule has 0 bridgehead atoms. The number of aliphatic hydroxyl groups is 1. The molecule has 0 unspecified atom stereocenters. The number of ether oxygens (including phenoxy) is 2. The van der Waals surface area contributed by atoms with Crippen molar-refractivity contribution in [2.24, 2.45) is 0 Å². The molecule has 5 heteroatoms. The lowest BCUT2D eigenvalue weighted by atomic mass is 10.1. The highest BCUT2D eigenvalue weighted by atomic mass is 16.5. The average molecular weight is 337 g/mol. The van der Waals surface area contributed by atoms with Crippen LogP contribution in [0.1, 0.15) is 56.0 Å². The zero-order chi connectivity index (χ0) is 17.8. The minimum atomic E-state index is -0.571. The molecule has 0 aliphatic heterocycles. The fourth-order valence-electron chi connectivity index (χ4n) is 2.17. The first-order valence-corrected chi connectivity index (χ1v) is 8.81. The van der Waals surface area contributed by atoms with Crippen LogP contribution in [0.3, 0.4) is 0 Å². The van der Waals surface area contributed by atoms with E-state index in [1.807, 2.05) is 6.07 Å². The normalized spacial score (nSPS) is 12.2. The van der Waals surface area contributed by atoms with Crippen LogP contribution < -0.4 is 10.1 Å². The Hall–Kier alpha value is -1.43. The van der Waals surface area contributed by atoms with E-state index < -0.39 is 6.10 Å². The first kappa shape index (κ1) is 20.6. The Morgan fingerprint density at radius 1 is 1.29 bits per heavy atom. The molecule has 0 amide bonds. The average Bonchev–Trinajstić information content (AvgIpc) is 2.57. The van der Waals surface area contributed by atoms with Gasteiger partial charge in [0.2, 0.25) is 0 Å². The van der Waals surface area contributed by atoms with E-state index >= 15 is 0 Å². The number of hydrogen-bond donors (Lipinski definition) is 2. The SMILES string of the molecule is CCCCOCc1cc(C(C)=O)ccc1OC[C@@H](O)CNCCC. The van der Waals surface area contributed by atoms with E-state index in [4.69, 9.17) is 9.47 Å². The molecule has 0 fully saturated rings. The maximum absolute atomic E-state index is 11.6. The van der Waals surface area contributed by atoms with Gasteiger partial charge < -0.3 is 19.9 Å². The number of carbonyl (C=O) groups excluding carboxylic acids is 1. The molecule has 24 heavy (non-hydrogen) atoms. The third kappa shape index (κ3) is 7.90. The van der Waals surface area contributed by atoms with Gasteiger partial charge >= 0.3 is 0 Å². The smallest absolute Gasteiger partial charge is 0.159 e. The molecule has 2 N–H and O–H groups in total. The first-order valence-electron chi connectivity index (χ1n) is 8.81. The van der Waals surface area contributed by atoms with Crippen LogP contribution in [0.25, 0.3) is 0 Å². The third-order valence-electron chi connectivity index (χ3n) is 3.60. The van der Waals surface area contributed by atoms with Gasteiger partial charge in [-0.25, -0.2) is 0 Å². The topological polar surface area (TPSA) is 67.8 Å². The second kappa shape index (κ2) is 12.0. The maximum atomic E-state index is 11.6. The van der Waals surface area contributed by atoms with E-state index in [2.05, 4.69) is 19.2 Å². The van der Waals surface area contributed by atoms with Crippen LogP contribution in [0.2, 0.25) is 0 Å². The van der Waals surface area contributed by atoms with Crippen LogP contribution in [0.4, 0.5) is 0 Å². The number of benzene rings is 1. The number of ketones is 1. The van der Waals surface area contributed by atoms with Gasteiger partial charge in [0.1, 0.15) is 18.5 Å². The third-order valence-corrected chi connectivity index (χ3v) is 3.60. The van der Waals surface area contributed by atoms with Crippen LogP contribution in [0, 0.1) is 0 Å². The summed E-state index contributed by atoms with van der Waals surface area (Å²) in [7, 11) is 0. The zero-order valence-electron chi connectivity index (χ0n) is 15.1. The summed E-state index contributed by atoms with van der Waals surface area (Å²) >= 11 is 0.